The predicted molar refractivity (Wildman–Crippen MR) is 72.6 cm³/mol. The van der Waals surface area contributed by atoms with Gasteiger partial charge < -0.3 is 19.9 Å². The lowest BCUT2D eigenvalue weighted by atomic mass is 10.0. The van der Waals surface area contributed by atoms with Gasteiger partial charge in [0.15, 0.2) is 0 Å². The summed E-state index contributed by atoms with van der Waals surface area (Å²) in [4.78, 5) is 11.5. The summed E-state index contributed by atoms with van der Waals surface area (Å²) >= 11 is 0. The lowest BCUT2D eigenvalue weighted by Crippen LogP contribution is -2.34. The molecule has 0 saturated heterocycles. The van der Waals surface area contributed by atoms with Crippen LogP contribution in [0.3, 0.4) is 0 Å². The molecule has 0 fully saturated rings. The lowest BCUT2D eigenvalue weighted by Gasteiger charge is -2.15. The Morgan fingerprint density at radius 3 is 2.42 bits per heavy atom. The van der Waals surface area contributed by atoms with Crippen molar-refractivity contribution in [2.45, 2.75) is 26.3 Å². The van der Waals surface area contributed by atoms with Crippen molar-refractivity contribution in [2.75, 3.05) is 20.8 Å². The van der Waals surface area contributed by atoms with Crippen LogP contribution < -0.4 is 15.2 Å². The fourth-order valence-electron chi connectivity index (χ4n) is 1.84. The van der Waals surface area contributed by atoms with Gasteiger partial charge in [0.05, 0.1) is 20.8 Å². The van der Waals surface area contributed by atoms with E-state index in [0.717, 1.165) is 16.9 Å². The normalized spacial score (nSPS) is 11.8. The van der Waals surface area contributed by atoms with E-state index in [2.05, 4.69) is 0 Å². The smallest absolute Gasteiger partial charge is 0.323 e. The zero-order valence-corrected chi connectivity index (χ0v) is 11.9. The van der Waals surface area contributed by atoms with Crippen molar-refractivity contribution in [3.63, 3.8) is 0 Å². The molecule has 0 aliphatic rings. The van der Waals surface area contributed by atoms with Gasteiger partial charge in [-0.15, -0.1) is 0 Å². The van der Waals surface area contributed by atoms with Gasteiger partial charge in [0, 0.05) is 6.42 Å². The van der Waals surface area contributed by atoms with Crippen LogP contribution in [0.15, 0.2) is 12.1 Å². The van der Waals surface area contributed by atoms with Crippen LogP contribution >= 0.6 is 0 Å². The number of aryl methyl sites for hydroxylation is 1. The van der Waals surface area contributed by atoms with Crippen LogP contribution in [0.25, 0.3) is 0 Å². The molecule has 1 atom stereocenters. The summed E-state index contributed by atoms with van der Waals surface area (Å²) in [5.74, 6) is 1.02. The Balaban J connectivity index is 2.95. The molecule has 0 heterocycles. The molecule has 1 unspecified atom stereocenters. The van der Waals surface area contributed by atoms with Gasteiger partial charge in [0.2, 0.25) is 0 Å². The van der Waals surface area contributed by atoms with Gasteiger partial charge in [0.25, 0.3) is 0 Å². The molecule has 0 aliphatic heterocycles. The first-order chi connectivity index (χ1) is 9.03. The minimum Gasteiger partial charge on any atom is -0.496 e. The highest BCUT2D eigenvalue weighted by Gasteiger charge is 2.18. The molecular formula is C14H21NO4. The lowest BCUT2D eigenvalue weighted by molar-refractivity contribution is -0.144. The SMILES string of the molecule is CCOC(=O)C(N)Cc1cc(OC)c(C)cc1OC. The van der Waals surface area contributed by atoms with E-state index in [-0.39, 0.29) is 0 Å². The minimum atomic E-state index is -0.707. The molecule has 0 bridgehead atoms. The molecule has 0 amide bonds. The number of carbonyl (C=O) groups is 1. The first-order valence-electron chi connectivity index (χ1n) is 6.17. The van der Waals surface area contributed by atoms with Crippen molar-refractivity contribution in [1.82, 2.24) is 0 Å². The fourth-order valence-corrected chi connectivity index (χ4v) is 1.84. The Hall–Kier alpha value is -1.75. The molecule has 5 heteroatoms. The Bertz CT molecular complexity index is 445. The van der Waals surface area contributed by atoms with Crippen LogP contribution in [0, 0.1) is 6.92 Å². The maximum atomic E-state index is 11.5. The van der Waals surface area contributed by atoms with Crippen LogP contribution in [0.1, 0.15) is 18.1 Å². The Labute approximate surface area is 113 Å². The number of nitrogens with two attached hydrogens (primary N) is 1. The Morgan fingerprint density at radius 2 is 1.89 bits per heavy atom. The Morgan fingerprint density at radius 1 is 1.26 bits per heavy atom. The number of hydrogen-bond donors (Lipinski definition) is 1. The van der Waals surface area contributed by atoms with Crippen molar-refractivity contribution in [3.8, 4) is 11.5 Å². The Kier molecular flexibility index (Phi) is 5.63. The van der Waals surface area contributed by atoms with Gasteiger partial charge in [-0.05, 0) is 37.1 Å². The van der Waals surface area contributed by atoms with E-state index in [1.165, 1.54) is 0 Å². The van der Waals surface area contributed by atoms with Crippen LogP contribution in [0.4, 0.5) is 0 Å². The number of ether oxygens (including phenoxy) is 3. The number of carbonyl (C=O) groups excluding carboxylic acids is 1. The highest BCUT2D eigenvalue weighted by molar-refractivity contribution is 5.76. The van der Waals surface area contributed by atoms with Crippen LogP contribution in [0.5, 0.6) is 11.5 Å². The second kappa shape index (κ2) is 6.99. The largest absolute Gasteiger partial charge is 0.496 e. The molecule has 19 heavy (non-hydrogen) atoms. The number of benzene rings is 1. The van der Waals surface area contributed by atoms with E-state index < -0.39 is 12.0 Å². The summed E-state index contributed by atoms with van der Waals surface area (Å²) in [5.41, 5.74) is 7.61. The first-order valence-corrected chi connectivity index (χ1v) is 6.17. The van der Waals surface area contributed by atoms with Crippen molar-refractivity contribution >= 4 is 5.97 Å². The second-order valence-electron chi connectivity index (χ2n) is 4.20. The van der Waals surface area contributed by atoms with E-state index in [0.29, 0.717) is 18.8 Å². The van der Waals surface area contributed by atoms with E-state index in [9.17, 15) is 4.79 Å². The van der Waals surface area contributed by atoms with E-state index in [1.807, 2.05) is 19.1 Å². The third-order valence-electron chi connectivity index (χ3n) is 2.83. The molecular weight excluding hydrogens is 246 g/mol. The summed E-state index contributed by atoms with van der Waals surface area (Å²) in [6.07, 6.45) is 0.346. The van der Waals surface area contributed by atoms with Crippen molar-refractivity contribution in [2.24, 2.45) is 5.73 Å². The maximum absolute atomic E-state index is 11.5. The molecule has 0 aromatic heterocycles. The summed E-state index contributed by atoms with van der Waals surface area (Å²) < 4.78 is 15.5. The second-order valence-corrected chi connectivity index (χ2v) is 4.20. The molecule has 1 rings (SSSR count). The predicted octanol–water partition coefficient (Wildman–Crippen LogP) is 1.45. The van der Waals surface area contributed by atoms with Gasteiger partial charge >= 0.3 is 5.97 Å². The van der Waals surface area contributed by atoms with Gasteiger partial charge in [-0.25, -0.2) is 0 Å². The van der Waals surface area contributed by atoms with Crippen LogP contribution in [-0.2, 0) is 16.0 Å². The number of methoxy groups -OCH3 is 2. The number of hydrogen-bond acceptors (Lipinski definition) is 5. The van der Waals surface area contributed by atoms with Crippen LogP contribution in [-0.4, -0.2) is 32.8 Å². The molecule has 2 N–H and O–H groups in total. The van der Waals surface area contributed by atoms with Gasteiger partial charge in [-0.2, -0.15) is 0 Å². The standard InChI is InChI=1S/C14H21NO4/c1-5-19-14(16)11(15)7-10-8-12(17-3)9(2)6-13(10)18-4/h6,8,11H,5,7,15H2,1-4H3. The number of esters is 1. The molecule has 0 aliphatic carbocycles. The summed E-state index contributed by atoms with van der Waals surface area (Å²) in [7, 11) is 3.19. The van der Waals surface area contributed by atoms with E-state index in [4.69, 9.17) is 19.9 Å². The average molecular weight is 267 g/mol. The quantitative estimate of drug-likeness (QED) is 0.790. The highest BCUT2D eigenvalue weighted by atomic mass is 16.5. The van der Waals surface area contributed by atoms with Gasteiger partial charge in [-0.1, -0.05) is 0 Å². The third-order valence-corrected chi connectivity index (χ3v) is 2.83. The average Bonchev–Trinajstić information content (AvgIpc) is 2.40. The molecule has 1 aromatic carbocycles. The van der Waals surface area contributed by atoms with Gasteiger partial charge in [0.1, 0.15) is 17.5 Å². The van der Waals surface area contributed by atoms with Crippen molar-refractivity contribution in [3.05, 3.63) is 23.3 Å². The molecule has 0 saturated carbocycles. The third kappa shape index (κ3) is 3.86. The first kappa shape index (κ1) is 15.3. The maximum Gasteiger partial charge on any atom is 0.323 e. The van der Waals surface area contributed by atoms with Crippen LogP contribution in [0.2, 0.25) is 0 Å². The summed E-state index contributed by atoms with van der Waals surface area (Å²) in [5, 5.41) is 0. The monoisotopic (exact) mass is 267 g/mol. The van der Waals surface area contributed by atoms with E-state index >= 15 is 0 Å². The zero-order chi connectivity index (χ0) is 14.4. The zero-order valence-electron chi connectivity index (χ0n) is 11.9. The summed E-state index contributed by atoms with van der Waals surface area (Å²) in [6.45, 7) is 4.00. The van der Waals surface area contributed by atoms with E-state index in [1.54, 1.807) is 21.1 Å². The number of rotatable bonds is 6. The fraction of sp³-hybridized carbons (Fsp3) is 0.500. The molecule has 1 aromatic rings. The molecule has 106 valence electrons. The minimum absolute atomic E-state index is 0.320. The molecule has 5 nitrogen and oxygen atoms in total. The molecule has 0 spiro atoms. The van der Waals surface area contributed by atoms with Gasteiger partial charge in [-0.3, -0.25) is 4.79 Å². The van der Waals surface area contributed by atoms with Crippen molar-refractivity contribution < 1.29 is 19.0 Å². The molecule has 0 radical (unpaired) electrons. The topological polar surface area (TPSA) is 70.8 Å². The highest BCUT2D eigenvalue weighted by Crippen LogP contribution is 2.29. The summed E-state index contributed by atoms with van der Waals surface area (Å²) in [6, 6.07) is 3.00. The van der Waals surface area contributed by atoms with Crippen molar-refractivity contribution in [1.29, 1.82) is 0 Å².